The molecule has 0 spiro atoms. The van der Waals surface area contributed by atoms with Crippen LogP contribution in [0.25, 0.3) is 0 Å². The number of nitrogens with zero attached hydrogens (tertiary/aromatic N) is 1. The average Bonchev–Trinajstić information content (AvgIpc) is 2.28. The molecule has 1 aliphatic heterocycles. The van der Waals surface area contributed by atoms with Crippen LogP contribution in [0.3, 0.4) is 0 Å². The quantitative estimate of drug-likeness (QED) is 0.869. The third kappa shape index (κ3) is 2.06. The minimum atomic E-state index is 0.145. The van der Waals surface area contributed by atoms with Crippen LogP contribution < -0.4 is 15.0 Å². The first-order chi connectivity index (χ1) is 8.10. The number of hydrogen-bond acceptors (Lipinski definition) is 3. The van der Waals surface area contributed by atoms with E-state index in [0.717, 1.165) is 24.5 Å². The summed E-state index contributed by atoms with van der Waals surface area (Å²) in [4.78, 5) is 2.43. The van der Waals surface area contributed by atoms with Gasteiger partial charge >= 0.3 is 0 Å². The highest BCUT2D eigenvalue weighted by Crippen LogP contribution is 2.41. The number of hydrogen-bond donors (Lipinski definition) is 1. The number of benzene rings is 1. The zero-order valence-electron chi connectivity index (χ0n) is 11.2. The topological polar surface area (TPSA) is 24.5 Å². The van der Waals surface area contributed by atoms with Gasteiger partial charge in [-0.15, -0.1) is 0 Å². The van der Waals surface area contributed by atoms with Gasteiger partial charge in [0.05, 0.1) is 17.8 Å². The summed E-state index contributed by atoms with van der Waals surface area (Å²) in [5.41, 5.74) is 2.53. The van der Waals surface area contributed by atoms with Crippen molar-refractivity contribution in [3.05, 3.63) is 18.2 Å². The molecule has 2 rings (SSSR count). The van der Waals surface area contributed by atoms with E-state index in [1.54, 1.807) is 0 Å². The second-order valence-electron chi connectivity index (χ2n) is 4.99. The van der Waals surface area contributed by atoms with Crippen molar-refractivity contribution in [3.8, 4) is 5.75 Å². The van der Waals surface area contributed by atoms with Gasteiger partial charge < -0.3 is 15.0 Å². The van der Waals surface area contributed by atoms with Gasteiger partial charge in [-0.25, -0.2) is 0 Å². The Morgan fingerprint density at radius 3 is 2.76 bits per heavy atom. The monoisotopic (exact) mass is 234 g/mol. The Kier molecular flexibility index (Phi) is 3.18. The van der Waals surface area contributed by atoms with Crippen molar-refractivity contribution in [1.29, 1.82) is 0 Å². The van der Waals surface area contributed by atoms with Crippen molar-refractivity contribution in [2.45, 2.75) is 33.2 Å². The Morgan fingerprint density at radius 2 is 2.12 bits per heavy atom. The molecule has 1 heterocycles. The Balaban J connectivity index is 2.45. The fourth-order valence-electron chi connectivity index (χ4n) is 2.52. The van der Waals surface area contributed by atoms with E-state index < -0.39 is 0 Å². The highest BCUT2D eigenvalue weighted by Gasteiger charge is 2.32. The maximum Gasteiger partial charge on any atom is 0.144 e. The van der Waals surface area contributed by atoms with Gasteiger partial charge in [0.1, 0.15) is 11.4 Å². The van der Waals surface area contributed by atoms with E-state index >= 15 is 0 Å². The van der Waals surface area contributed by atoms with E-state index in [1.165, 1.54) is 5.69 Å². The first-order valence-corrected chi connectivity index (χ1v) is 6.37. The molecule has 3 nitrogen and oxygen atoms in total. The maximum atomic E-state index is 5.68. The van der Waals surface area contributed by atoms with Crippen LogP contribution in [0.4, 0.5) is 11.4 Å². The molecule has 1 aliphatic rings. The molecule has 0 bridgehead atoms. The molecule has 0 saturated carbocycles. The molecule has 1 N–H and O–H groups in total. The van der Waals surface area contributed by atoms with Crippen molar-refractivity contribution in [2.75, 3.05) is 29.9 Å². The summed E-state index contributed by atoms with van der Waals surface area (Å²) in [7, 11) is 0. The van der Waals surface area contributed by atoms with Gasteiger partial charge in [0.15, 0.2) is 0 Å². The number of nitrogens with one attached hydrogen (secondary N) is 1. The smallest absolute Gasteiger partial charge is 0.144 e. The molecule has 0 unspecified atom stereocenters. The first kappa shape index (κ1) is 12.1. The first-order valence-electron chi connectivity index (χ1n) is 6.37. The molecule has 1 aromatic carbocycles. The van der Waals surface area contributed by atoms with Gasteiger partial charge in [0, 0.05) is 13.1 Å². The number of fused-ring (bicyclic) bond motifs is 1. The summed E-state index contributed by atoms with van der Waals surface area (Å²) < 4.78 is 5.68. The molecular weight excluding hydrogens is 212 g/mol. The van der Waals surface area contributed by atoms with Crippen LogP contribution in [0.1, 0.15) is 27.7 Å². The van der Waals surface area contributed by atoms with Crippen LogP contribution in [0, 0.1) is 0 Å². The second kappa shape index (κ2) is 4.47. The summed E-state index contributed by atoms with van der Waals surface area (Å²) >= 11 is 0. The zero-order chi connectivity index (χ0) is 12.5. The van der Waals surface area contributed by atoms with Crippen molar-refractivity contribution in [2.24, 2.45) is 0 Å². The predicted molar refractivity (Wildman–Crippen MR) is 73.2 cm³/mol. The van der Waals surface area contributed by atoms with E-state index in [2.05, 4.69) is 43.1 Å². The van der Waals surface area contributed by atoms with Gasteiger partial charge in [-0.05, 0) is 39.8 Å². The number of para-hydroxylation sites is 1. The Morgan fingerprint density at radius 1 is 1.35 bits per heavy atom. The van der Waals surface area contributed by atoms with Gasteiger partial charge in [-0.2, -0.15) is 0 Å². The molecule has 0 aromatic heterocycles. The minimum Gasteiger partial charge on any atom is -0.492 e. The van der Waals surface area contributed by atoms with Gasteiger partial charge in [-0.1, -0.05) is 6.07 Å². The Labute approximate surface area is 104 Å². The third-order valence-electron chi connectivity index (χ3n) is 3.34. The molecular formula is C14H22N2O. The lowest BCUT2D eigenvalue weighted by atomic mass is 9.97. The summed E-state index contributed by atoms with van der Waals surface area (Å²) in [6.07, 6.45) is 0. The van der Waals surface area contributed by atoms with Crippen LogP contribution in [0.15, 0.2) is 18.2 Å². The third-order valence-corrected chi connectivity index (χ3v) is 3.34. The van der Waals surface area contributed by atoms with Crippen LogP contribution in [0.2, 0.25) is 0 Å². The fraction of sp³-hybridized carbons (Fsp3) is 0.571. The normalized spacial score (nSPS) is 17.3. The molecule has 0 amide bonds. The molecule has 0 fully saturated rings. The molecule has 3 heteroatoms. The van der Waals surface area contributed by atoms with E-state index in [1.807, 2.05) is 13.0 Å². The number of rotatable bonds is 3. The van der Waals surface area contributed by atoms with Gasteiger partial charge in [-0.3, -0.25) is 0 Å². The lowest BCUT2D eigenvalue weighted by molar-refractivity contribution is 0.340. The summed E-state index contributed by atoms with van der Waals surface area (Å²) in [6, 6.07) is 6.26. The van der Waals surface area contributed by atoms with Crippen molar-refractivity contribution >= 4 is 11.4 Å². The zero-order valence-corrected chi connectivity index (χ0v) is 11.2. The summed E-state index contributed by atoms with van der Waals surface area (Å²) in [5.74, 6) is 0.957. The SMILES string of the molecule is CCOc1cccc2c1NCC(C)(C)N2CC. The maximum absolute atomic E-state index is 5.68. The Bertz CT molecular complexity index is 401. The molecule has 1 aromatic rings. The molecule has 0 atom stereocenters. The van der Waals surface area contributed by atoms with Crippen molar-refractivity contribution in [3.63, 3.8) is 0 Å². The van der Waals surface area contributed by atoms with Gasteiger partial charge in [0.25, 0.3) is 0 Å². The number of ether oxygens (including phenoxy) is 1. The summed E-state index contributed by atoms with van der Waals surface area (Å²) in [5, 5.41) is 3.50. The van der Waals surface area contributed by atoms with Crippen molar-refractivity contribution < 1.29 is 4.74 Å². The average molecular weight is 234 g/mol. The predicted octanol–water partition coefficient (Wildman–Crippen LogP) is 3.12. The van der Waals surface area contributed by atoms with Crippen LogP contribution in [0.5, 0.6) is 5.75 Å². The second-order valence-corrected chi connectivity index (χ2v) is 4.99. The molecule has 0 saturated heterocycles. The molecule has 94 valence electrons. The fourth-order valence-corrected chi connectivity index (χ4v) is 2.52. The standard InChI is InChI=1S/C14H22N2O/c1-5-16-11-8-7-9-12(17-6-2)13(11)15-10-14(16,3)4/h7-9,15H,5-6,10H2,1-4H3. The summed E-state index contributed by atoms with van der Waals surface area (Å²) in [6.45, 7) is 11.4. The van der Waals surface area contributed by atoms with E-state index in [0.29, 0.717) is 6.61 Å². The van der Waals surface area contributed by atoms with E-state index in [9.17, 15) is 0 Å². The van der Waals surface area contributed by atoms with Crippen LogP contribution in [-0.2, 0) is 0 Å². The number of likely N-dealkylation sites (N-methyl/N-ethyl adjacent to an activating group) is 1. The van der Waals surface area contributed by atoms with E-state index in [4.69, 9.17) is 4.74 Å². The minimum absolute atomic E-state index is 0.145. The highest BCUT2D eigenvalue weighted by atomic mass is 16.5. The van der Waals surface area contributed by atoms with Crippen LogP contribution >= 0.6 is 0 Å². The lowest BCUT2D eigenvalue weighted by Gasteiger charge is -2.45. The largest absolute Gasteiger partial charge is 0.492 e. The van der Waals surface area contributed by atoms with Crippen LogP contribution in [-0.4, -0.2) is 25.2 Å². The van der Waals surface area contributed by atoms with Gasteiger partial charge in [0.2, 0.25) is 0 Å². The highest BCUT2D eigenvalue weighted by molar-refractivity contribution is 5.79. The molecule has 0 aliphatic carbocycles. The molecule has 0 radical (unpaired) electrons. The lowest BCUT2D eigenvalue weighted by Crippen LogP contribution is -2.52. The van der Waals surface area contributed by atoms with E-state index in [-0.39, 0.29) is 5.54 Å². The van der Waals surface area contributed by atoms with Crippen molar-refractivity contribution in [1.82, 2.24) is 0 Å². The molecule has 17 heavy (non-hydrogen) atoms. The Hall–Kier alpha value is -1.38. The number of anilines is 2.